The summed E-state index contributed by atoms with van der Waals surface area (Å²) in [6.45, 7) is 1.67. The van der Waals surface area contributed by atoms with Gasteiger partial charge in [-0.1, -0.05) is 5.21 Å². The van der Waals surface area contributed by atoms with Gasteiger partial charge in [-0.15, -0.1) is 5.10 Å². The molecule has 0 unspecified atom stereocenters. The zero-order chi connectivity index (χ0) is 21.0. The molecule has 1 saturated heterocycles. The van der Waals surface area contributed by atoms with Crippen LogP contribution in [-0.4, -0.2) is 50.8 Å². The molecule has 0 aromatic carbocycles. The predicted octanol–water partition coefficient (Wildman–Crippen LogP) is 3.33. The lowest BCUT2D eigenvalue weighted by Gasteiger charge is -2.56. The highest BCUT2D eigenvalue weighted by atomic mass is 16.2. The Balaban J connectivity index is 1.04. The number of nitrogens with one attached hydrogen (secondary N) is 1. The van der Waals surface area contributed by atoms with Crippen molar-refractivity contribution in [3.63, 3.8) is 0 Å². The molecule has 31 heavy (non-hydrogen) atoms. The molecule has 0 atom stereocenters. The molecule has 5 saturated carbocycles. The van der Waals surface area contributed by atoms with Gasteiger partial charge >= 0.3 is 0 Å². The Morgan fingerprint density at radius 3 is 2.16 bits per heavy atom. The Hall–Kier alpha value is -1.92. The van der Waals surface area contributed by atoms with Crippen LogP contribution in [0.1, 0.15) is 93.6 Å². The van der Waals surface area contributed by atoms with E-state index in [-0.39, 0.29) is 23.4 Å². The van der Waals surface area contributed by atoms with Crippen molar-refractivity contribution >= 4 is 11.8 Å². The number of hydrogen-bond donors (Lipinski definition) is 1. The summed E-state index contributed by atoms with van der Waals surface area (Å²) in [4.78, 5) is 27.8. The molecule has 2 amide bonds. The number of carbonyl (C=O) groups is 2. The van der Waals surface area contributed by atoms with E-state index in [1.165, 1.54) is 19.3 Å². The van der Waals surface area contributed by atoms with Crippen molar-refractivity contribution < 1.29 is 9.59 Å². The van der Waals surface area contributed by atoms with Crippen LogP contribution in [0.3, 0.4) is 0 Å². The number of nitrogens with zero attached hydrogens (tertiary/aromatic N) is 4. The fraction of sp³-hybridized carbons (Fsp3) is 0.833. The zero-order valence-corrected chi connectivity index (χ0v) is 18.5. The molecule has 168 valence electrons. The second kappa shape index (κ2) is 7.59. The fourth-order valence-corrected chi connectivity index (χ4v) is 7.85. The van der Waals surface area contributed by atoms with E-state index in [0.29, 0.717) is 11.6 Å². The van der Waals surface area contributed by atoms with Gasteiger partial charge in [0.05, 0.1) is 12.2 Å². The van der Waals surface area contributed by atoms with E-state index in [2.05, 4.69) is 15.6 Å². The first-order chi connectivity index (χ1) is 15.1. The lowest BCUT2D eigenvalue weighted by molar-refractivity contribution is -0.147. The van der Waals surface area contributed by atoms with Crippen molar-refractivity contribution in [2.75, 3.05) is 13.1 Å². The summed E-state index contributed by atoms with van der Waals surface area (Å²) in [7, 11) is 0. The van der Waals surface area contributed by atoms with Gasteiger partial charge in [0.2, 0.25) is 5.91 Å². The van der Waals surface area contributed by atoms with E-state index in [0.717, 1.165) is 88.6 Å². The maximum atomic E-state index is 13.3. The molecule has 6 aliphatic rings. The molecule has 1 aromatic heterocycles. The molecule has 5 aliphatic carbocycles. The SMILES string of the molecule is O=C(c1cn(C2CCC(NC(=O)C34CC5CC(CC(C5)C3)C4)CC2)nn1)N1CCCC1. The van der Waals surface area contributed by atoms with Gasteiger partial charge in [-0.25, -0.2) is 4.68 Å². The van der Waals surface area contributed by atoms with Crippen molar-refractivity contribution in [1.29, 1.82) is 0 Å². The number of likely N-dealkylation sites (tertiary alicyclic amines) is 1. The lowest BCUT2D eigenvalue weighted by atomic mass is 9.49. The molecule has 0 spiro atoms. The van der Waals surface area contributed by atoms with Crippen LogP contribution < -0.4 is 5.32 Å². The predicted molar refractivity (Wildman–Crippen MR) is 115 cm³/mol. The summed E-state index contributed by atoms with van der Waals surface area (Å²) in [6, 6.07) is 0.561. The molecule has 1 aromatic rings. The van der Waals surface area contributed by atoms with Crippen molar-refractivity contribution in [2.24, 2.45) is 23.2 Å². The first-order valence-corrected chi connectivity index (χ1v) is 12.6. The largest absolute Gasteiger partial charge is 0.353 e. The molecular formula is C24H35N5O2. The quantitative estimate of drug-likeness (QED) is 0.802. The van der Waals surface area contributed by atoms with Gasteiger partial charge < -0.3 is 10.2 Å². The first-order valence-electron chi connectivity index (χ1n) is 12.6. The van der Waals surface area contributed by atoms with Crippen molar-refractivity contribution in [1.82, 2.24) is 25.2 Å². The summed E-state index contributed by atoms with van der Waals surface area (Å²) in [6.07, 6.45) is 15.4. The first kappa shape index (κ1) is 19.7. The average Bonchev–Trinajstić information content (AvgIpc) is 3.45. The van der Waals surface area contributed by atoms with Gasteiger partial charge in [0.15, 0.2) is 5.69 Å². The normalized spacial score (nSPS) is 39.1. The Morgan fingerprint density at radius 2 is 1.55 bits per heavy atom. The maximum Gasteiger partial charge on any atom is 0.276 e. The van der Waals surface area contributed by atoms with Crippen LogP contribution in [0.25, 0.3) is 0 Å². The van der Waals surface area contributed by atoms with E-state index < -0.39 is 0 Å². The van der Waals surface area contributed by atoms with Gasteiger partial charge in [0, 0.05) is 24.5 Å². The minimum atomic E-state index is -0.0532. The summed E-state index contributed by atoms with van der Waals surface area (Å²) >= 11 is 0. The third kappa shape index (κ3) is 3.58. The zero-order valence-electron chi connectivity index (χ0n) is 18.5. The molecule has 2 heterocycles. The number of carbonyl (C=O) groups excluding carboxylic acids is 2. The van der Waals surface area contributed by atoms with E-state index >= 15 is 0 Å². The minimum absolute atomic E-state index is 0.0141. The van der Waals surface area contributed by atoms with E-state index in [9.17, 15) is 9.59 Å². The van der Waals surface area contributed by atoms with Crippen LogP contribution in [0.2, 0.25) is 0 Å². The smallest absolute Gasteiger partial charge is 0.276 e. The van der Waals surface area contributed by atoms with Crippen molar-refractivity contribution in [3.05, 3.63) is 11.9 Å². The molecule has 7 heteroatoms. The van der Waals surface area contributed by atoms with Crippen molar-refractivity contribution in [3.8, 4) is 0 Å². The second-order valence-electron chi connectivity index (χ2n) is 11.3. The summed E-state index contributed by atoms with van der Waals surface area (Å²) in [5.41, 5.74) is 0.418. The molecule has 6 fully saturated rings. The second-order valence-corrected chi connectivity index (χ2v) is 11.3. The van der Waals surface area contributed by atoms with Gasteiger partial charge in [-0.2, -0.15) is 0 Å². The average molecular weight is 426 g/mol. The molecule has 7 rings (SSSR count). The fourth-order valence-electron chi connectivity index (χ4n) is 7.85. The highest BCUT2D eigenvalue weighted by molar-refractivity contribution is 5.92. The lowest BCUT2D eigenvalue weighted by Crippen LogP contribution is -2.55. The van der Waals surface area contributed by atoms with Crippen LogP contribution in [0.4, 0.5) is 0 Å². The third-order valence-electron chi connectivity index (χ3n) is 9.05. The molecule has 1 N–H and O–H groups in total. The van der Waals surface area contributed by atoms with Crippen molar-refractivity contribution in [2.45, 2.75) is 89.1 Å². The van der Waals surface area contributed by atoms with E-state index in [1.54, 1.807) is 0 Å². The van der Waals surface area contributed by atoms with Crippen LogP contribution in [0, 0.1) is 23.2 Å². The number of hydrogen-bond acceptors (Lipinski definition) is 4. The van der Waals surface area contributed by atoms with Gasteiger partial charge in [-0.05, 0) is 94.8 Å². The number of amides is 2. The molecule has 0 radical (unpaired) electrons. The van der Waals surface area contributed by atoms with Crippen LogP contribution >= 0.6 is 0 Å². The van der Waals surface area contributed by atoms with Crippen LogP contribution in [0.5, 0.6) is 0 Å². The van der Waals surface area contributed by atoms with Gasteiger partial charge in [0.25, 0.3) is 5.91 Å². The summed E-state index contributed by atoms with van der Waals surface area (Å²) < 4.78 is 1.89. The standard InChI is InChI=1S/C24H35N5O2/c30-22(28-7-1-2-8-28)21-15-29(27-26-21)20-5-3-19(4-6-20)25-23(31)24-12-16-9-17(13-24)11-18(10-16)14-24/h15-20H,1-14H2,(H,25,31). The summed E-state index contributed by atoms with van der Waals surface area (Å²) in [5.74, 6) is 2.78. The Morgan fingerprint density at radius 1 is 0.935 bits per heavy atom. The monoisotopic (exact) mass is 425 g/mol. The highest BCUT2D eigenvalue weighted by Gasteiger charge is 2.54. The number of aromatic nitrogens is 3. The Labute approximate surface area is 184 Å². The van der Waals surface area contributed by atoms with Gasteiger partial charge in [-0.3, -0.25) is 9.59 Å². The Bertz CT molecular complexity index is 815. The van der Waals surface area contributed by atoms with Crippen LogP contribution in [0.15, 0.2) is 6.20 Å². The summed E-state index contributed by atoms with van der Waals surface area (Å²) in [5, 5.41) is 11.9. The maximum absolute atomic E-state index is 13.3. The minimum Gasteiger partial charge on any atom is -0.353 e. The molecular weight excluding hydrogens is 390 g/mol. The third-order valence-corrected chi connectivity index (χ3v) is 9.05. The topological polar surface area (TPSA) is 80.1 Å². The number of rotatable bonds is 4. The molecule has 7 nitrogen and oxygen atoms in total. The van der Waals surface area contributed by atoms with E-state index in [1.807, 2.05) is 15.8 Å². The van der Waals surface area contributed by atoms with E-state index in [4.69, 9.17) is 0 Å². The highest BCUT2D eigenvalue weighted by Crippen LogP contribution is 2.60. The molecule has 4 bridgehead atoms. The van der Waals surface area contributed by atoms with Gasteiger partial charge in [0.1, 0.15) is 0 Å². The Kier molecular flexibility index (Phi) is 4.83. The molecule has 1 aliphatic heterocycles. The van der Waals surface area contributed by atoms with Crippen LogP contribution in [-0.2, 0) is 4.79 Å².